The van der Waals surface area contributed by atoms with Crippen molar-refractivity contribution >= 4 is 19.9 Å². The first-order chi connectivity index (χ1) is 8.45. The molecule has 1 aliphatic carbocycles. The van der Waals surface area contributed by atoms with E-state index in [1.165, 1.54) is 6.42 Å². The van der Waals surface area contributed by atoms with Crippen LogP contribution in [0, 0.1) is 5.92 Å². The number of hydrogen-bond donors (Lipinski definition) is 1. The number of allylic oxidation sites excluding steroid dienone is 2. The van der Waals surface area contributed by atoms with Gasteiger partial charge in [0.25, 0.3) is 0 Å². The number of hydrogen-bond acceptors (Lipinski definition) is 2. The summed E-state index contributed by atoms with van der Waals surface area (Å²) in [5.41, 5.74) is 0. The molecular formula is C14H23NO2Si. The normalized spacial score (nSPS) is 31.4. The third kappa shape index (κ3) is 1.78. The Morgan fingerprint density at radius 3 is 2.78 bits per heavy atom. The van der Waals surface area contributed by atoms with Crippen molar-refractivity contribution in [2.24, 2.45) is 5.92 Å². The van der Waals surface area contributed by atoms with Crippen molar-refractivity contribution in [2.75, 3.05) is 0 Å². The van der Waals surface area contributed by atoms with Gasteiger partial charge in [-0.25, -0.2) is 0 Å². The molecular weight excluding hydrogens is 242 g/mol. The fourth-order valence-corrected chi connectivity index (χ4v) is 7.86. The third-order valence-electron chi connectivity index (χ3n) is 4.89. The van der Waals surface area contributed by atoms with Gasteiger partial charge < -0.3 is 0 Å². The minimum atomic E-state index is -1.76. The number of carbonyl (C=O) groups excluding carboxylic acids is 2. The highest BCUT2D eigenvalue weighted by atomic mass is 28.3. The summed E-state index contributed by atoms with van der Waals surface area (Å²) in [6, 6.07) is 1.13. The SMILES string of the molecule is CCCC[Si](C)(C)C12CC=CCC1C(=O)NC2=O. The van der Waals surface area contributed by atoms with Crippen molar-refractivity contribution < 1.29 is 9.59 Å². The van der Waals surface area contributed by atoms with Crippen LogP contribution in [0.4, 0.5) is 0 Å². The number of amides is 2. The second-order valence-corrected chi connectivity index (χ2v) is 11.4. The maximum atomic E-state index is 12.4. The van der Waals surface area contributed by atoms with Gasteiger partial charge in [0.15, 0.2) is 0 Å². The Hall–Kier alpha value is -0.903. The number of fused-ring (bicyclic) bond motifs is 1. The van der Waals surface area contributed by atoms with E-state index in [9.17, 15) is 9.59 Å². The quantitative estimate of drug-likeness (QED) is 0.482. The molecule has 2 amide bonds. The van der Waals surface area contributed by atoms with Gasteiger partial charge >= 0.3 is 0 Å². The summed E-state index contributed by atoms with van der Waals surface area (Å²) in [6.07, 6.45) is 7.99. The van der Waals surface area contributed by atoms with Gasteiger partial charge in [-0.1, -0.05) is 51.1 Å². The van der Waals surface area contributed by atoms with E-state index < -0.39 is 8.07 Å². The highest BCUT2D eigenvalue weighted by Gasteiger charge is 2.62. The summed E-state index contributed by atoms with van der Waals surface area (Å²) < 4.78 is 0. The fourth-order valence-electron chi connectivity index (χ4n) is 3.63. The standard InChI is InChI=1S/C14H23NO2Si/c1-4-5-10-18(2,3)14-9-7-6-8-11(14)12(16)15-13(14)17/h6-7,11H,4-5,8-10H2,1-3H3,(H,15,16,17). The second kappa shape index (κ2) is 4.65. The molecule has 4 heteroatoms. The largest absolute Gasteiger partial charge is 0.296 e. The predicted octanol–water partition coefficient (Wildman–Crippen LogP) is 2.86. The third-order valence-corrected chi connectivity index (χ3v) is 9.69. The molecule has 0 aromatic carbocycles. The van der Waals surface area contributed by atoms with Crippen LogP contribution in [0.1, 0.15) is 32.6 Å². The van der Waals surface area contributed by atoms with Crippen LogP contribution in [0.25, 0.3) is 0 Å². The first-order valence-corrected chi connectivity index (χ1v) is 10.2. The van der Waals surface area contributed by atoms with Crippen LogP contribution in [0.3, 0.4) is 0 Å². The van der Waals surface area contributed by atoms with Crippen molar-refractivity contribution in [3.05, 3.63) is 12.2 Å². The van der Waals surface area contributed by atoms with E-state index >= 15 is 0 Å². The van der Waals surface area contributed by atoms with Crippen LogP contribution < -0.4 is 5.32 Å². The first-order valence-electron chi connectivity index (χ1n) is 6.96. The molecule has 1 heterocycles. The Morgan fingerprint density at radius 2 is 2.11 bits per heavy atom. The number of rotatable bonds is 4. The highest BCUT2D eigenvalue weighted by molar-refractivity contribution is 6.84. The average Bonchev–Trinajstić information content (AvgIpc) is 2.61. The fraction of sp³-hybridized carbons (Fsp3) is 0.714. The predicted molar refractivity (Wildman–Crippen MR) is 74.9 cm³/mol. The van der Waals surface area contributed by atoms with Crippen molar-refractivity contribution in [2.45, 2.75) is 56.8 Å². The molecule has 2 atom stereocenters. The Labute approximate surface area is 110 Å². The number of unbranched alkanes of at least 4 members (excludes halogenated alkanes) is 1. The van der Waals surface area contributed by atoms with Crippen LogP contribution >= 0.6 is 0 Å². The molecule has 18 heavy (non-hydrogen) atoms. The zero-order valence-electron chi connectivity index (χ0n) is 11.6. The minimum absolute atomic E-state index is 0.00891. The topological polar surface area (TPSA) is 46.2 Å². The molecule has 0 aromatic heterocycles. The summed E-state index contributed by atoms with van der Waals surface area (Å²) in [5.74, 6) is -0.135. The number of nitrogens with one attached hydrogen (secondary N) is 1. The Kier molecular flexibility index (Phi) is 3.49. The molecule has 0 saturated carbocycles. The lowest BCUT2D eigenvalue weighted by Crippen LogP contribution is -2.50. The minimum Gasteiger partial charge on any atom is -0.296 e. The van der Waals surface area contributed by atoms with E-state index in [1.54, 1.807) is 0 Å². The summed E-state index contributed by atoms with van der Waals surface area (Å²) in [6.45, 7) is 6.75. The first kappa shape index (κ1) is 13.5. The lowest BCUT2D eigenvalue weighted by Gasteiger charge is -2.44. The smallest absolute Gasteiger partial charge is 0.231 e. The second-order valence-electron chi connectivity index (χ2n) is 6.24. The van der Waals surface area contributed by atoms with Crippen molar-refractivity contribution in [1.29, 1.82) is 0 Å². The zero-order chi connectivity index (χ0) is 13.4. The van der Waals surface area contributed by atoms with Gasteiger partial charge in [0.1, 0.15) is 0 Å². The molecule has 0 radical (unpaired) electrons. The maximum absolute atomic E-state index is 12.4. The highest BCUT2D eigenvalue weighted by Crippen LogP contribution is 2.57. The summed E-state index contributed by atoms with van der Waals surface area (Å²) in [4.78, 5) is 24.4. The lowest BCUT2D eigenvalue weighted by molar-refractivity contribution is -0.126. The van der Waals surface area contributed by atoms with Gasteiger partial charge in [-0.05, 0) is 12.8 Å². The molecule has 3 nitrogen and oxygen atoms in total. The van der Waals surface area contributed by atoms with Crippen molar-refractivity contribution in [3.63, 3.8) is 0 Å². The molecule has 1 N–H and O–H groups in total. The van der Waals surface area contributed by atoms with Gasteiger partial charge in [0.05, 0.1) is 19.0 Å². The Bertz CT molecular complexity index is 403. The van der Waals surface area contributed by atoms with E-state index in [4.69, 9.17) is 0 Å². The molecule has 100 valence electrons. The van der Waals surface area contributed by atoms with Crippen LogP contribution in [-0.2, 0) is 9.59 Å². The summed E-state index contributed by atoms with van der Waals surface area (Å²) in [5, 5.41) is 2.22. The summed E-state index contributed by atoms with van der Waals surface area (Å²) >= 11 is 0. The van der Waals surface area contributed by atoms with E-state index in [-0.39, 0.29) is 22.8 Å². The number of carbonyl (C=O) groups is 2. The van der Waals surface area contributed by atoms with E-state index in [0.717, 1.165) is 25.3 Å². The average molecular weight is 265 g/mol. The van der Waals surface area contributed by atoms with Crippen LogP contribution in [0.15, 0.2) is 12.2 Å². The molecule has 2 rings (SSSR count). The summed E-state index contributed by atoms with van der Waals surface area (Å²) in [7, 11) is -1.76. The van der Waals surface area contributed by atoms with E-state index in [2.05, 4.69) is 37.5 Å². The maximum Gasteiger partial charge on any atom is 0.231 e. The molecule has 0 bridgehead atoms. The van der Waals surface area contributed by atoms with Gasteiger partial charge in [0, 0.05) is 0 Å². The van der Waals surface area contributed by atoms with Crippen LogP contribution in [0.5, 0.6) is 0 Å². The molecule has 0 spiro atoms. The van der Waals surface area contributed by atoms with Crippen molar-refractivity contribution in [3.8, 4) is 0 Å². The van der Waals surface area contributed by atoms with Crippen LogP contribution in [-0.4, -0.2) is 19.9 Å². The number of imide groups is 1. The monoisotopic (exact) mass is 265 g/mol. The van der Waals surface area contributed by atoms with Gasteiger partial charge in [-0.2, -0.15) is 0 Å². The Morgan fingerprint density at radius 1 is 1.39 bits per heavy atom. The molecule has 1 aliphatic heterocycles. The van der Waals surface area contributed by atoms with E-state index in [1.807, 2.05) is 0 Å². The molecule has 1 fully saturated rings. The van der Waals surface area contributed by atoms with Crippen molar-refractivity contribution in [1.82, 2.24) is 5.32 Å². The van der Waals surface area contributed by atoms with Gasteiger partial charge in [0.2, 0.25) is 11.8 Å². The molecule has 0 aromatic rings. The van der Waals surface area contributed by atoms with E-state index in [0.29, 0.717) is 0 Å². The van der Waals surface area contributed by atoms with Crippen LogP contribution in [0.2, 0.25) is 24.2 Å². The molecule has 2 unspecified atom stereocenters. The molecule has 1 saturated heterocycles. The van der Waals surface area contributed by atoms with Gasteiger partial charge in [-0.15, -0.1) is 0 Å². The molecule has 2 aliphatic rings. The Balaban J connectivity index is 2.38. The lowest BCUT2D eigenvalue weighted by atomic mass is 9.84. The zero-order valence-corrected chi connectivity index (χ0v) is 12.6. The van der Waals surface area contributed by atoms with Gasteiger partial charge in [-0.3, -0.25) is 14.9 Å².